The van der Waals surface area contributed by atoms with Crippen LogP contribution in [0.2, 0.25) is 0 Å². The quantitative estimate of drug-likeness (QED) is 0.359. The third-order valence-corrected chi connectivity index (χ3v) is 2.67. The van der Waals surface area contributed by atoms with Crippen molar-refractivity contribution < 1.29 is 23.2 Å². The number of rotatable bonds is 3. The zero-order chi connectivity index (χ0) is 13.2. The molecule has 0 saturated heterocycles. The van der Waals surface area contributed by atoms with Crippen LogP contribution in [0.3, 0.4) is 0 Å². The lowest BCUT2D eigenvalue weighted by molar-refractivity contribution is -0.389. The van der Waals surface area contributed by atoms with E-state index in [-0.39, 0.29) is 3.57 Å². The van der Waals surface area contributed by atoms with Gasteiger partial charge in [0, 0.05) is 9.64 Å². The van der Waals surface area contributed by atoms with Gasteiger partial charge in [-0.1, -0.05) is 0 Å². The van der Waals surface area contributed by atoms with Crippen molar-refractivity contribution in [1.82, 2.24) is 4.98 Å². The molecule has 0 unspecified atom stereocenters. The van der Waals surface area contributed by atoms with Gasteiger partial charge in [0.25, 0.3) is 12.1 Å². The Morgan fingerprint density at radius 2 is 2.24 bits per heavy atom. The molecule has 9 heteroatoms. The van der Waals surface area contributed by atoms with Crippen molar-refractivity contribution in [2.24, 2.45) is 0 Å². The Kier molecular flexibility index (Phi) is 4.26. The van der Waals surface area contributed by atoms with Gasteiger partial charge in [0.1, 0.15) is 0 Å². The molecule has 0 bridgehead atoms. The average Bonchev–Trinajstić information content (AvgIpc) is 2.26. The molecule has 1 rings (SSSR count). The van der Waals surface area contributed by atoms with Crippen molar-refractivity contribution in [3.63, 3.8) is 0 Å². The van der Waals surface area contributed by atoms with Gasteiger partial charge >= 0.3 is 11.8 Å². The van der Waals surface area contributed by atoms with Crippen LogP contribution in [-0.4, -0.2) is 23.0 Å². The van der Waals surface area contributed by atoms with Gasteiger partial charge in [-0.2, -0.15) is 0 Å². The molecule has 6 nitrogen and oxygen atoms in total. The molecule has 17 heavy (non-hydrogen) atoms. The van der Waals surface area contributed by atoms with Crippen molar-refractivity contribution in [2.45, 2.75) is 6.43 Å². The second-order valence-electron chi connectivity index (χ2n) is 2.77. The number of nitro groups is 1. The number of pyridine rings is 1. The van der Waals surface area contributed by atoms with E-state index in [2.05, 4.69) is 9.72 Å². The smallest absolute Gasteiger partial charge is 0.383 e. The van der Waals surface area contributed by atoms with Crippen LogP contribution in [0.15, 0.2) is 6.07 Å². The number of methoxy groups -OCH3 is 1. The lowest BCUT2D eigenvalue weighted by atomic mass is 10.2. The number of hydrogen-bond donors (Lipinski definition) is 0. The molecule has 1 aromatic heterocycles. The SMILES string of the molecule is COC(=O)c1nc([N+](=O)[O-])cc(I)c1C(F)F. The Morgan fingerprint density at radius 1 is 1.65 bits per heavy atom. The largest absolute Gasteiger partial charge is 0.463 e. The Balaban J connectivity index is 3.50. The van der Waals surface area contributed by atoms with Gasteiger partial charge in [0.15, 0.2) is 0 Å². The topological polar surface area (TPSA) is 82.3 Å². The number of carbonyl (C=O) groups excluding carboxylic acids is 1. The predicted molar refractivity (Wildman–Crippen MR) is 59.9 cm³/mol. The van der Waals surface area contributed by atoms with Gasteiger partial charge in [-0.05, 0) is 32.5 Å². The minimum Gasteiger partial charge on any atom is -0.463 e. The average molecular weight is 358 g/mol. The molecule has 0 fully saturated rings. The zero-order valence-electron chi connectivity index (χ0n) is 8.32. The van der Waals surface area contributed by atoms with Gasteiger partial charge in [0.05, 0.1) is 12.7 Å². The fourth-order valence-electron chi connectivity index (χ4n) is 1.06. The molecule has 0 spiro atoms. The Labute approximate surface area is 107 Å². The van der Waals surface area contributed by atoms with Crippen molar-refractivity contribution >= 4 is 34.4 Å². The van der Waals surface area contributed by atoms with Crippen LogP contribution < -0.4 is 0 Å². The van der Waals surface area contributed by atoms with Crippen LogP contribution in [0, 0.1) is 13.7 Å². The second-order valence-corrected chi connectivity index (χ2v) is 3.94. The summed E-state index contributed by atoms with van der Waals surface area (Å²) in [6.45, 7) is 0. The first-order valence-electron chi connectivity index (χ1n) is 4.09. The summed E-state index contributed by atoms with van der Waals surface area (Å²) < 4.78 is 29.5. The molecule has 0 N–H and O–H groups in total. The maximum absolute atomic E-state index is 12.7. The van der Waals surface area contributed by atoms with Crippen molar-refractivity contribution in [1.29, 1.82) is 0 Å². The summed E-state index contributed by atoms with van der Waals surface area (Å²) in [5.41, 5.74) is -1.40. The highest BCUT2D eigenvalue weighted by Crippen LogP contribution is 2.29. The zero-order valence-corrected chi connectivity index (χ0v) is 10.5. The van der Waals surface area contributed by atoms with E-state index in [1.807, 2.05) is 0 Å². The number of ether oxygens (including phenoxy) is 1. The Morgan fingerprint density at radius 3 is 2.65 bits per heavy atom. The molecule has 0 radical (unpaired) electrons. The van der Waals surface area contributed by atoms with Crippen LogP contribution in [0.25, 0.3) is 0 Å². The fourth-order valence-corrected chi connectivity index (χ4v) is 1.83. The summed E-state index contributed by atoms with van der Waals surface area (Å²) in [5, 5.41) is 10.5. The number of aromatic nitrogens is 1. The highest BCUT2D eigenvalue weighted by molar-refractivity contribution is 14.1. The molecule has 1 heterocycles. The minimum atomic E-state index is -2.97. The van der Waals surface area contributed by atoms with Gasteiger partial charge in [0.2, 0.25) is 0 Å². The van der Waals surface area contributed by atoms with E-state index in [1.165, 1.54) is 22.6 Å². The van der Waals surface area contributed by atoms with Crippen LogP contribution in [0.4, 0.5) is 14.6 Å². The third-order valence-electron chi connectivity index (χ3n) is 1.78. The van der Waals surface area contributed by atoms with E-state index in [0.29, 0.717) is 0 Å². The maximum Gasteiger partial charge on any atom is 0.383 e. The van der Waals surface area contributed by atoms with Crippen molar-refractivity contribution in [3.05, 3.63) is 31.0 Å². The van der Waals surface area contributed by atoms with Crippen LogP contribution in [0.5, 0.6) is 0 Å². The highest BCUT2D eigenvalue weighted by atomic mass is 127. The second kappa shape index (κ2) is 5.29. The molecule has 0 aromatic carbocycles. The van der Waals surface area contributed by atoms with Crippen molar-refractivity contribution in [3.8, 4) is 0 Å². The van der Waals surface area contributed by atoms with E-state index < -0.39 is 34.4 Å². The minimum absolute atomic E-state index is 0.111. The number of nitrogens with zero attached hydrogens (tertiary/aromatic N) is 2. The van der Waals surface area contributed by atoms with Gasteiger partial charge in [-0.15, -0.1) is 0 Å². The number of carbonyl (C=O) groups is 1. The standard InChI is InChI=1S/C8H5F2IN2O4/c1-17-8(14)6-5(7(9)10)3(11)2-4(12-6)13(15)16/h2,7H,1H3. The van der Waals surface area contributed by atoms with E-state index in [0.717, 1.165) is 13.2 Å². The van der Waals surface area contributed by atoms with Crippen LogP contribution in [0.1, 0.15) is 22.5 Å². The molecule has 0 aliphatic carbocycles. The van der Waals surface area contributed by atoms with E-state index in [1.54, 1.807) is 0 Å². The first-order chi connectivity index (χ1) is 7.88. The molecule has 0 amide bonds. The lowest BCUT2D eigenvalue weighted by Gasteiger charge is -2.05. The fraction of sp³-hybridized carbons (Fsp3) is 0.250. The summed E-state index contributed by atoms with van der Waals surface area (Å²) in [7, 11) is 0.977. The highest BCUT2D eigenvalue weighted by Gasteiger charge is 2.30. The van der Waals surface area contributed by atoms with Gasteiger partial charge in [-0.3, -0.25) is 0 Å². The monoisotopic (exact) mass is 358 g/mol. The van der Waals surface area contributed by atoms with Crippen molar-refractivity contribution in [2.75, 3.05) is 7.11 Å². The molecular formula is C8H5F2IN2O4. The maximum atomic E-state index is 12.7. The number of alkyl halides is 2. The summed E-state index contributed by atoms with van der Waals surface area (Å²) in [5.74, 6) is -1.82. The third kappa shape index (κ3) is 2.84. The number of esters is 1. The van der Waals surface area contributed by atoms with Crippen LogP contribution >= 0.6 is 22.6 Å². The molecule has 0 aliphatic rings. The van der Waals surface area contributed by atoms with Crippen LogP contribution in [-0.2, 0) is 4.74 Å². The molecule has 1 aromatic rings. The number of halogens is 3. The lowest BCUT2D eigenvalue weighted by Crippen LogP contribution is -2.12. The van der Waals surface area contributed by atoms with E-state index >= 15 is 0 Å². The number of hydrogen-bond acceptors (Lipinski definition) is 5. The first-order valence-corrected chi connectivity index (χ1v) is 5.17. The molecule has 0 atom stereocenters. The Hall–Kier alpha value is -1.39. The van der Waals surface area contributed by atoms with E-state index in [9.17, 15) is 23.7 Å². The summed E-state index contributed by atoms with van der Waals surface area (Å²) >= 11 is 1.48. The summed E-state index contributed by atoms with van der Waals surface area (Å²) in [6.07, 6.45) is -2.97. The van der Waals surface area contributed by atoms with E-state index in [4.69, 9.17) is 0 Å². The molecular weight excluding hydrogens is 353 g/mol. The molecule has 92 valence electrons. The summed E-state index contributed by atoms with van der Waals surface area (Å²) in [6, 6.07) is 0.870. The predicted octanol–water partition coefficient (Wildman–Crippen LogP) is 2.32. The van der Waals surface area contributed by atoms with Gasteiger partial charge < -0.3 is 14.9 Å². The molecule has 0 saturated carbocycles. The summed E-state index contributed by atoms with van der Waals surface area (Å²) in [4.78, 5) is 24.1. The Bertz CT molecular complexity index is 481. The van der Waals surface area contributed by atoms with Gasteiger partial charge in [-0.25, -0.2) is 13.6 Å². The first kappa shape index (κ1) is 13.7. The molecule has 0 aliphatic heterocycles. The normalized spacial score (nSPS) is 10.4.